The van der Waals surface area contributed by atoms with Gasteiger partial charge in [-0.1, -0.05) is 30.3 Å². The van der Waals surface area contributed by atoms with Gasteiger partial charge >= 0.3 is 0 Å². The summed E-state index contributed by atoms with van der Waals surface area (Å²) >= 11 is 0. The van der Waals surface area contributed by atoms with Gasteiger partial charge in [-0.2, -0.15) is 10.1 Å². The number of nitrogens with one attached hydrogen (secondary N) is 2. The summed E-state index contributed by atoms with van der Waals surface area (Å²) in [6, 6.07) is 13.5. The zero-order valence-corrected chi connectivity index (χ0v) is 13.4. The van der Waals surface area contributed by atoms with Gasteiger partial charge in [-0.25, -0.2) is 8.78 Å². The number of benzene rings is 2. The highest BCUT2D eigenvalue weighted by Crippen LogP contribution is 2.19. The number of hydrogen-bond donors (Lipinski definition) is 2. The average Bonchev–Trinajstić information content (AvgIpc) is 2.62. The van der Waals surface area contributed by atoms with Gasteiger partial charge in [0.2, 0.25) is 5.95 Å². The largest absolute Gasteiger partial charge is 0.353 e. The highest BCUT2D eigenvalue weighted by Gasteiger charge is 2.06. The Morgan fingerprint density at radius 2 is 1.84 bits per heavy atom. The van der Waals surface area contributed by atoms with Crippen LogP contribution in [0.25, 0.3) is 0 Å². The second-order valence-electron chi connectivity index (χ2n) is 5.43. The first-order valence-corrected chi connectivity index (χ1v) is 7.90. The highest BCUT2D eigenvalue weighted by molar-refractivity contribution is 5.56. The first kappa shape index (κ1) is 16.8. The molecule has 0 bridgehead atoms. The Labute approximate surface area is 144 Å². The fourth-order valence-corrected chi connectivity index (χ4v) is 2.30. The van der Waals surface area contributed by atoms with Crippen molar-refractivity contribution < 1.29 is 8.78 Å². The van der Waals surface area contributed by atoms with Crippen molar-refractivity contribution in [3.63, 3.8) is 0 Å². The maximum absolute atomic E-state index is 13.7. The van der Waals surface area contributed by atoms with E-state index in [1.54, 1.807) is 0 Å². The smallest absolute Gasteiger partial charge is 0.244 e. The van der Waals surface area contributed by atoms with Crippen molar-refractivity contribution in [2.75, 3.05) is 17.2 Å². The van der Waals surface area contributed by atoms with E-state index in [0.29, 0.717) is 18.3 Å². The zero-order chi connectivity index (χ0) is 17.5. The van der Waals surface area contributed by atoms with Crippen LogP contribution >= 0.6 is 0 Å². The summed E-state index contributed by atoms with van der Waals surface area (Å²) in [5.41, 5.74) is 1.39. The molecule has 0 aliphatic heterocycles. The second kappa shape index (κ2) is 8.14. The third kappa shape index (κ3) is 4.94. The molecule has 3 rings (SSSR count). The SMILES string of the molecule is Fc1ccc(Nc2cnnc(NCCCc3ccccc3)n2)c(F)c1. The molecule has 5 nitrogen and oxygen atoms in total. The van der Waals surface area contributed by atoms with Crippen LogP contribution in [0.15, 0.2) is 54.7 Å². The summed E-state index contributed by atoms with van der Waals surface area (Å²) in [5, 5.41) is 13.6. The fraction of sp³-hybridized carbons (Fsp3) is 0.167. The summed E-state index contributed by atoms with van der Waals surface area (Å²) in [7, 11) is 0. The Bertz CT molecular complexity index is 827. The standard InChI is InChI=1S/C18H17F2N5/c19-14-8-9-16(15(20)11-14)23-17-12-22-25-18(24-17)21-10-4-7-13-5-2-1-3-6-13/h1-3,5-6,8-9,11-12H,4,7,10H2,(H2,21,23,24,25). The van der Waals surface area contributed by atoms with Crippen molar-refractivity contribution in [1.82, 2.24) is 15.2 Å². The van der Waals surface area contributed by atoms with Crippen LogP contribution in [0.2, 0.25) is 0 Å². The summed E-state index contributed by atoms with van der Waals surface area (Å²) in [4.78, 5) is 4.22. The van der Waals surface area contributed by atoms with Crippen molar-refractivity contribution in [3.05, 3.63) is 71.9 Å². The lowest BCUT2D eigenvalue weighted by atomic mass is 10.1. The predicted molar refractivity (Wildman–Crippen MR) is 92.7 cm³/mol. The van der Waals surface area contributed by atoms with Crippen molar-refractivity contribution in [3.8, 4) is 0 Å². The van der Waals surface area contributed by atoms with Gasteiger partial charge in [0.1, 0.15) is 11.6 Å². The van der Waals surface area contributed by atoms with Crippen LogP contribution < -0.4 is 10.6 Å². The monoisotopic (exact) mass is 341 g/mol. The predicted octanol–water partition coefficient (Wildman–Crippen LogP) is 3.94. The van der Waals surface area contributed by atoms with Crippen molar-refractivity contribution in [2.24, 2.45) is 0 Å². The lowest BCUT2D eigenvalue weighted by Crippen LogP contribution is -2.08. The number of halogens is 2. The van der Waals surface area contributed by atoms with Gasteiger partial charge in [-0.3, -0.25) is 0 Å². The lowest BCUT2D eigenvalue weighted by molar-refractivity contribution is 0.586. The van der Waals surface area contributed by atoms with Gasteiger partial charge in [0.15, 0.2) is 5.82 Å². The maximum Gasteiger partial charge on any atom is 0.244 e. The van der Waals surface area contributed by atoms with Gasteiger partial charge in [-0.05, 0) is 30.5 Å². The van der Waals surface area contributed by atoms with E-state index < -0.39 is 11.6 Å². The molecule has 0 saturated heterocycles. The molecular formula is C18H17F2N5. The van der Waals surface area contributed by atoms with E-state index in [0.717, 1.165) is 18.9 Å². The van der Waals surface area contributed by atoms with E-state index >= 15 is 0 Å². The molecule has 128 valence electrons. The molecule has 3 aromatic rings. The normalized spacial score (nSPS) is 10.5. The van der Waals surface area contributed by atoms with Gasteiger partial charge in [0.25, 0.3) is 0 Å². The molecule has 2 N–H and O–H groups in total. The summed E-state index contributed by atoms with van der Waals surface area (Å²) in [5.74, 6) is -0.660. The first-order valence-electron chi connectivity index (χ1n) is 7.90. The third-order valence-electron chi connectivity index (χ3n) is 3.52. The molecule has 0 saturated carbocycles. The van der Waals surface area contributed by atoms with Gasteiger partial charge in [-0.15, -0.1) is 5.10 Å². The van der Waals surface area contributed by atoms with Crippen LogP contribution in [0.5, 0.6) is 0 Å². The van der Waals surface area contributed by atoms with E-state index in [1.165, 1.54) is 23.9 Å². The van der Waals surface area contributed by atoms with Crippen LogP contribution in [-0.4, -0.2) is 21.7 Å². The first-order chi connectivity index (χ1) is 12.2. The van der Waals surface area contributed by atoms with Crippen molar-refractivity contribution in [2.45, 2.75) is 12.8 Å². The Morgan fingerprint density at radius 1 is 1.00 bits per heavy atom. The van der Waals surface area contributed by atoms with Crippen molar-refractivity contribution >= 4 is 17.5 Å². The molecule has 0 radical (unpaired) electrons. The van der Waals surface area contributed by atoms with Crippen LogP contribution in [0, 0.1) is 11.6 Å². The maximum atomic E-state index is 13.7. The molecule has 0 aliphatic rings. The topological polar surface area (TPSA) is 62.7 Å². The second-order valence-corrected chi connectivity index (χ2v) is 5.43. The minimum Gasteiger partial charge on any atom is -0.353 e. The van der Waals surface area contributed by atoms with E-state index in [2.05, 4.69) is 37.9 Å². The molecule has 0 aliphatic carbocycles. The number of nitrogens with zero attached hydrogens (tertiary/aromatic N) is 3. The molecular weight excluding hydrogens is 324 g/mol. The van der Waals surface area contributed by atoms with Crippen LogP contribution in [0.3, 0.4) is 0 Å². The molecule has 7 heteroatoms. The van der Waals surface area contributed by atoms with Crippen LogP contribution in [0.1, 0.15) is 12.0 Å². The van der Waals surface area contributed by atoms with Gasteiger partial charge in [0, 0.05) is 12.6 Å². The minimum absolute atomic E-state index is 0.122. The summed E-state index contributed by atoms with van der Waals surface area (Å²) < 4.78 is 26.6. The minimum atomic E-state index is -0.698. The van der Waals surface area contributed by atoms with E-state index in [4.69, 9.17) is 0 Å². The van der Waals surface area contributed by atoms with Gasteiger partial charge < -0.3 is 10.6 Å². The lowest BCUT2D eigenvalue weighted by Gasteiger charge is -2.08. The molecule has 0 fully saturated rings. The molecule has 1 aromatic heterocycles. The number of hydrogen-bond acceptors (Lipinski definition) is 5. The number of rotatable bonds is 7. The van der Waals surface area contributed by atoms with E-state index in [1.807, 2.05) is 18.2 Å². The summed E-state index contributed by atoms with van der Waals surface area (Å²) in [6.45, 7) is 0.685. The van der Waals surface area contributed by atoms with E-state index in [-0.39, 0.29) is 5.69 Å². The molecule has 0 atom stereocenters. The third-order valence-corrected chi connectivity index (χ3v) is 3.52. The molecule has 2 aromatic carbocycles. The summed E-state index contributed by atoms with van der Waals surface area (Å²) in [6.07, 6.45) is 3.23. The van der Waals surface area contributed by atoms with Crippen molar-refractivity contribution in [1.29, 1.82) is 0 Å². The molecule has 1 heterocycles. The molecule has 0 amide bonds. The number of aromatic nitrogens is 3. The Hall–Kier alpha value is -3.09. The van der Waals surface area contributed by atoms with Gasteiger partial charge in [0.05, 0.1) is 11.9 Å². The van der Waals surface area contributed by atoms with Crippen LogP contribution in [0.4, 0.5) is 26.2 Å². The number of anilines is 3. The quantitative estimate of drug-likeness (QED) is 0.638. The van der Waals surface area contributed by atoms with Crippen LogP contribution in [-0.2, 0) is 6.42 Å². The Morgan fingerprint density at radius 3 is 2.64 bits per heavy atom. The number of aryl methyl sites for hydroxylation is 1. The molecule has 0 spiro atoms. The average molecular weight is 341 g/mol. The highest BCUT2D eigenvalue weighted by atomic mass is 19.1. The zero-order valence-electron chi connectivity index (χ0n) is 13.4. The Kier molecular flexibility index (Phi) is 5.46. The Balaban J connectivity index is 1.54. The molecule has 25 heavy (non-hydrogen) atoms. The van der Waals surface area contributed by atoms with E-state index in [9.17, 15) is 8.78 Å². The molecule has 0 unspecified atom stereocenters. The fourth-order valence-electron chi connectivity index (χ4n) is 2.30.